The SMILES string of the molecule is CC(C)c1cc(-c2nnc(O)n2-c2ccc(N3CCN(C(=O)[C@@H]4CCCN4C(=O)O)CC3)cc2)c(O)cc1O. The number of phenols is 2. The second-order valence-corrected chi connectivity index (χ2v) is 10.2. The maximum Gasteiger partial charge on any atom is 0.407 e. The van der Waals surface area contributed by atoms with E-state index >= 15 is 0 Å². The van der Waals surface area contributed by atoms with E-state index in [-0.39, 0.29) is 35.2 Å². The second kappa shape index (κ2) is 10.4. The van der Waals surface area contributed by atoms with Crippen molar-refractivity contribution in [1.82, 2.24) is 24.6 Å². The first-order valence-electron chi connectivity index (χ1n) is 13.0. The van der Waals surface area contributed by atoms with Crippen molar-refractivity contribution in [1.29, 1.82) is 0 Å². The average Bonchev–Trinajstić information content (AvgIpc) is 3.56. The van der Waals surface area contributed by atoms with Crippen LogP contribution in [0.15, 0.2) is 36.4 Å². The molecule has 206 valence electrons. The summed E-state index contributed by atoms with van der Waals surface area (Å²) in [7, 11) is 0. The normalized spacial score (nSPS) is 17.7. The van der Waals surface area contributed by atoms with Crippen LogP contribution >= 0.6 is 0 Å². The number of rotatable bonds is 5. The van der Waals surface area contributed by atoms with Crippen LogP contribution in [0, 0.1) is 0 Å². The van der Waals surface area contributed by atoms with Crippen LogP contribution in [0.2, 0.25) is 0 Å². The number of aromatic nitrogens is 3. The number of phenolic OH excluding ortho intramolecular Hbond substituents is 2. The molecule has 2 aromatic carbocycles. The summed E-state index contributed by atoms with van der Waals surface area (Å²) in [5.41, 5.74) is 2.48. The van der Waals surface area contributed by atoms with Gasteiger partial charge in [0.05, 0.1) is 11.3 Å². The van der Waals surface area contributed by atoms with Gasteiger partial charge in [0.1, 0.15) is 17.5 Å². The van der Waals surface area contributed by atoms with E-state index in [9.17, 15) is 30.0 Å². The van der Waals surface area contributed by atoms with E-state index in [0.29, 0.717) is 62.4 Å². The van der Waals surface area contributed by atoms with Gasteiger partial charge in [-0.05, 0) is 54.7 Å². The van der Waals surface area contributed by atoms with E-state index < -0.39 is 12.1 Å². The molecule has 12 heteroatoms. The molecule has 3 heterocycles. The topological polar surface area (TPSA) is 155 Å². The summed E-state index contributed by atoms with van der Waals surface area (Å²) in [6, 6.07) is 9.39. The van der Waals surface area contributed by atoms with Crippen LogP contribution in [0.4, 0.5) is 10.5 Å². The van der Waals surface area contributed by atoms with Crippen molar-refractivity contribution >= 4 is 17.7 Å². The molecule has 2 fully saturated rings. The molecule has 0 spiro atoms. The van der Waals surface area contributed by atoms with E-state index in [0.717, 1.165) is 5.69 Å². The Balaban J connectivity index is 1.31. The Morgan fingerprint density at radius 1 is 0.897 bits per heavy atom. The summed E-state index contributed by atoms with van der Waals surface area (Å²) < 4.78 is 1.42. The zero-order valence-corrected chi connectivity index (χ0v) is 21.9. The molecule has 2 aliphatic heterocycles. The van der Waals surface area contributed by atoms with Gasteiger partial charge < -0.3 is 30.2 Å². The predicted molar refractivity (Wildman–Crippen MR) is 142 cm³/mol. The average molecular weight is 537 g/mol. The molecule has 0 bridgehead atoms. The Hall–Kier alpha value is -4.48. The van der Waals surface area contributed by atoms with Crippen LogP contribution in [0.5, 0.6) is 17.5 Å². The fourth-order valence-electron chi connectivity index (χ4n) is 5.38. The second-order valence-electron chi connectivity index (χ2n) is 10.2. The van der Waals surface area contributed by atoms with Crippen LogP contribution in [0.1, 0.15) is 38.2 Å². The number of carboxylic acid groups (broad SMARTS) is 1. The Morgan fingerprint density at radius 3 is 2.21 bits per heavy atom. The molecule has 3 aromatic rings. The summed E-state index contributed by atoms with van der Waals surface area (Å²) in [6.45, 7) is 6.45. The maximum absolute atomic E-state index is 12.9. The molecular weight excluding hydrogens is 504 g/mol. The number of amides is 2. The lowest BCUT2D eigenvalue weighted by molar-refractivity contribution is -0.135. The predicted octanol–water partition coefficient (Wildman–Crippen LogP) is 2.97. The van der Waals surface area contributed by atoms with Crippen molar-refractivity contribution in [2.24, 2.45) is 0 Å². The first kappa shape index (κ1) is 26.1. The van der Waals surface area contributed by atoms with Gasteiger partial charge in [-0.3, -0.25) is 9.69 Å². The largest absolute Gasteiger partial charge is 0.508 e. The summed E-state index contributed by atoms with van der Waals surface area (Å²) in [5.74, 6) is -0.0971. The molecule has 2 saturated heterocycles. The Morgan fingerprint density at radius 2 is 1.56 bits per heavy atom. The third-order valence-electron chi connectivity index (χ3n) is 7.50. The fraction of sp³-hybridized carbons (Fsp3) is 0.407. The molecule has 12 nitrogen and oxygen atoms in total. The summed E-state index contributed by atoms with van der Waals surface area (Å²) in [4.78, 5) is 29.5. The Kier molecular flexibility index (Phi) is 6.94. The number of likely N-dealkylation sites (tertiary alicyclic amines) is 1. The highest BCUT2D eigenvalue weighted by Gasteiger charge is 2.37. The van der Waals surface area contributed by atoms with Crippen molar-refractivity contribution in [3.63, 3.8) is 0 Å². The molecule has 1 aromatic heterocycles. The Labute approximate surface area is 225 Å². The highest BCUT2D eigenvalue weighted by molar-refractivity contribution is 5.86. The first-order valence-corrected chi connectivity index (χ1v) is 13.0. The highest BCUT2D eigenvalue weighted by atomic mass is 16.4. The number of carbonyl (C=O) groups excluding carboxylic acids is 1. The van der Waals surface area contributed by atoms with Crippen LogP contribution in [-0.4, -0.2) is 95.8 Å². The third kappa shape index (κ3) is 4.89. The van der Waals surface area contributed by atoms with Crippen LogP contribution < -0.4 is 4.90 Å². The summed E-state index contributed by atoms with van der Waals surface area (Å²) in [6.07, 6.45) is 0.211. The quantitative estimate of drug-likeness (QED) is 0.385. The summed E-state index contributed by atoms with van der Waals surface area (Å²) in [5, 5.41) is 48.5. The van der Waals surface area contributed by atoms with Gasteiger partial charge in [0, 0.05) is 44.5 Å². The van der Waals surface area contributed by atoms with Crippen molar-refractivity contribution < 1.29 is 30.0 Å². The van der Waals surface area contributed by atoms with Gasteiger partial charge >= 0.3 is 12.1 Å². The van der Waals surface area contributed by atoms with E-state index in [1.807, 2.05) is 38.1 Å². The molecule has 0 aliphatic carbocycles. The smallest absolute Gasteiger partial charge is 0.407 e. The number of hydrogen-bond donors (Lipinski definition) is 4. The van der Waals surface area contributed by atoms with Gasteiger partial charge in [-0.1, -0.05) is 18.9 Å². The van der Waals surface area contributed by atoms with E-state index in [1.54, 1.807) is 11.0 Å². The van der Waals surface area contributed by atoms with Crippen LogP contribution in [-0.2, 0) is 4.79 Å². The van der Waals surface area contributed by atoms with Crippen molar-refractivity contribution in [3.05, 3.63) is 42.0 Å². The van der Waals surface area contributed by atoms with E-state index in [2.05, 4.69) is 15.1 Å². The van der Waals surface area contributed by atoms with Crippen LogP contribution in [0.3, 0.4) is 0 Å². The molecule has 0 unspecified atom stereocenters. The van der Waals surface area contributed by atoms with Crippen LogP contribution in [0.25, 0.3) is 17.1 Å². The van der Waals surface area contributed by atoms with Gasteiger partial charge in [0.2, 0.25) is 5.91 Å². The van der Waals surface area contributed by atoms with Crippen molar-refractivity contribution in [3.8, 4) is 34.6 Å². The van der Waals surface area contributed by atoms with Gasteiger partial charge in [-0.15, -0.1) is 5.10 Å². The molecule has 2 aliphatic rings. The maximum atomic E-state index is 12.9. The lowest BCUT2D eigenvalue weighted by Gasteiger charge is -2.38. The lowest BCUT2D eigenvalue weighted by atomic mass is 9.98. The molecule has 0 saturated carbocycles. The van der Waals surface area contributed by atoms with Gasteiger partial charge in [0.25, 0.3) is 0 Å². The van der Waals surface area contributed by atoms with E-state index in [4.69, 9.17) is 0 Å². The number of aromatic hydroxyl groups is 3. The summed E-state index contributed by atoms with van der Waals surface area (Å²) >= 11 is 0. The standard InChI is InChI=1S/C27H32N6O6/c1-16(2)19-14-20(23(35)15-22(19)34)24-28-29-26(37)33(24)18-7-5-17(6-8-18)30-10-12-31(13-11-30)25(36)21-4-3-9-32(21)27(38)39/h5-8,14-16,21,34-35H,3-4,9-13H2,1-2H3,(H,29,37)(H,38,39)/t21-/m0/s1. The number of carbonyl (C=O) groups is 2. The highest BCUT2D eigenvalue weighted by Crippen LogP contribution is 2.39. The van der Waals surface area contributed by atoms with Gasteiger partial charge in [-0.2, -0.15) is 0 Å². The van der Waals surface area contributed by atoms with Gasteiger partial charge in [0.15, 0.2) is 5.82 Å². The first-order chi connectivity index (χ1) is 18.7. The molecule has 0 radical (unpaired) electrons. The molecule has 4 N–H and O–H groups in total. The number of anilines is 1. The minimum atomic E-state index is -1.05. The molecule has 2 amide bonds. The van der Waals surface area contributed by atoms with Crippen molar-refractivity contribution in [2.45, 2.75) is 38.6 Å². The number of nitrogens with zero attached hydrogens (tertiary/aromatic N) is 6. The van der Waals surface area contributed by atoms with Gasteiger partial charge in [-0.25, -0.2) is 9.36 Å². The fourth-order valence-corrected chi connectivity index (χ4v) is 5.38. The molecule has 5 rings (SSSR count). The van der Waals surface area contributed by atoms with Crippen molar-refractivity contribution in [2.75, 3.05) is 37.6 Å². The number of hydrogen-bond acceptors (Lipinski definition) is 8. The third-order valence-corrected chi connectivity index (χ3v) is 7.50. The molecule has 1 atom stereocenters. The number of piperazine rings is 1. The minimum absolute atomic E-state index is 0.00127. The minimum Gasteiger partial charge on any atom is -0.508 e. The zero-order chi connectivity index (χ0) is 27.8. The Bertz CT molecular complexity index is 1380. The van der Waals surface area contributed by atoms with E-state index in [1.165, 1.54) is 15.5 Å². The lowest BCUT2D eigenvalue weighted by Crippen LogP contribution is -2.54. The molecule has 39 heavy (non-hydrogen) atoms. The molecular formula is C27H32N6O6. The number of benzene rings is 2. The monoisotopic (exact) mass is 536 g/mol. The zero-order valence-electron chi connectivity index (χ0n) is 21.9.